The van der Waals surface area contributed by atoms with Crippen LogP contribution in [0.3, 0.4) is 0 Å². The Labute approximate surface area is 211 Å². The molecule has 3 aromatic carbocycles. The number of thioether (sulfide) groups is 1. The maximum absolute atomic E-state index is 13.4. The van der Waals surface area contributed by atoms with E-state index in [-0.39, 0.29) is 11.8 Å². The largest absolute Gasteiger partial charge is 0.357 e. The number of carbonyl (C=O) groups excluding carboxylic acids is 2. The monoisotopic (exact) mass is 494 g/mol. The second kappa shape index (κ2) is 13.2. The Morgan fingerprint density at radius 1 is 0.941 bits per heavy atom. The summed E-state index contributed by atoms with van der Waals surface area (Å²) in [7, 11) is 1.62. The van der Waals surface area contributed by atoms with E-state index in [1.54, 1.807) is 23.7 Å². The van der Waals surface area contributed by atoms with Crippen LogP contribution < -0.4 is 5.32 Å². The molecule has 0 saturated carbocycles. The molecule has 0 radical (unpaired) electrons. The molecule has 1 atom stereocenters. The summed E-state index contributed by atoms with van der Waals surface area (Å²) in [5.41, 5.74) is 3.19. The number of hydrogen-bond donors (Lipinski definition) is 1. The van der Waals surface area contributed by atoms with Crippen LogP contribution in [0, 0.1) is 6.92 Å². The summed E-state index contributed by atoms with van der Waals surface area (Å²) >= 11 is 7.66. The van der Waals surface area contributed by atoms with Crippen LogP contribution in [0.25, 0.3) is 0 Å². The van der Waals surface area contributed by atoms with E-state index >= 15 is 0 Å². The second-order valence-corrected chi connectivity index (χ2v) is 9.84. The molecule has 178 valence electrons. The van der Waals surface area contributed by atoms with E-state index in [0.717, 1.165) is 33.8 Å². The van der Waals surface area contributed by atoms with Crippen molar-refractivity contribution >= 4 is 35.2 Å². The fraction of sp³-hybridized carbons (Fsp3) is 0.286. The maximum atomic E-state index is 13.4. The van der Waals surface area contributed by atoms with Crippen LogP contribution >= 0.6 is 23.4 Å². The lowest BCUT2D eigenvalue weighted by atomic mass is 10.0. The number of rotatable bonds is 11. The van der Waals surface area contributed by atoms with Gasteiger partial charge in [-0.1, -0.05) is 71.8 Å². The van der Waals surface area contributed by atoms with E-state index in [1.165, 1.54) is 0 Å². The van der Waals surface area contributed by atoms with Crippen molar-refractivity contribution in [2.45, 2.75) is 43.7 Å². The molecule has 2 amide bonds. The number of amides is 2. The molecule has 0 spiro atoms. The fourth-order valence-corrected chi connectivity index (χ4v) is 4.68. The second-order valence-electron chi connectivity index (χ2n) is 8.23. The number of hydrogen-bond acceptors (Lipinski definition) is 3. The van der Waals surface area contributed by atoms with E-state index in [9.17, 15) is 9.59 Å². The average molecular weight is 495 g/mol. The van der Waals surface area contributed by atoms with Gasteiger partial charge in [-0.05, 0) is 54.5 Å². The van der Waals surface area contributed by atoms with Gasteiger partial charge in [-0.25, -0.2) is 0 Å². The quantitative estimate of drug-likeness (QED) is 0.266. The number of benzene rings is 3. The topological polar surface area (TPSA) is 49.4 Å². The van der Waals surface area contributed by atoms with Crippen LogP contribution in [0.4, 0.5) is 0 Å². The van der Waals surface area contributed by atoms with Gasteiger partial charge in [-0.15, -0.1) is 11.8 Å². The highest BCUT2D eigenvalue weighted by atomic mass is 35.5. The highest BCUT2D eigenvalue weighted by molar-refractivity contribution is 7.99. The maximum Gasteiger partial charge on any atom is 0.242 e. The number of nitrogens with zero attached hydrogens (tertiary/aromatic N) is 1. The summed E-state index contributed by atoms with van der Waals surface area (Å²) in [5.74, 6) is 0.649. The first kappa shape index (κ1) is 25.9. The van der Waals surface area contributed by atoms with Crippen molar-refractivity contribution in [2.75, 3.05) is 12.8 Å². The molecule has 6 heteroatoms. The van der Waals surface area contributed by atoms with Crippen molar-refractivity contribution in [3.63, 3.8) is 0 Å². The molecule has 0 heterocycles. The molecule has 0 aliphatic carbocycles. The smallest absolute Gasteiger partial charge is 0.242 e. The highest BCUT2D eigenvalue weighted by Gasteiger charge is 2.29. The van der Waals surface area contributed by atoms with E-state index in [0.29, 0.717) is 24.4 Å². The molecular weight excluding hydrogens is 464 g/mol. The van der Waals surface area contributed by atoms with Gasteiger partial charge in [-0.3, -0.25) is 9.59 Å². The van der Waals surface area contributed by atoms with Crippen molar-refractivity contribution in [3.8, 4) is 0 Å². The molecule has 0 aromatic heterocycles. The fourth-order valence-electron chi connectivity index (χ4n) is 3.70. The van der Waals surface area contributed by atoms with Crippen LogP contribution in [0.1, 0.15) is 29.5 Å². The first-order valence-electron chi connectivity index (χ1n) is 11.4. The summed E-state index contributed by atoms with van der Waals surface area (Å²) < 4.78 is 0. The van der Waals surface area contributed by atoms with Gasteiger partial charge in [0.1, 0.15) is 6.04 Å². The van der Waals surface area contributed by atoms with E-state index < -0.39 is 6.04 Å². The van der Waals surface area contributed by atoms with Crippen LogP contribution in [0.5, 0.6) is 0 Å². The SMILES string of the molecule is CNC(=O)[C@H](Cc1ccccc1)N(Cc1ccc(C)cc1)C(=O)CCCSc1ccc(Cl)cc1. The lowest BCUT2D eigenvalue weighted by Gasteiger charge is -2.31. The molecule has 34 heavy (non-hydrogen) atoms. The Morgan fingerprint density at radius 3 is 2.26 bits per heavy atom. The summed E-state index contributed by atoms with van der Waals surface area (Å²) in [4.78, 5) is 29.2. The minimum Gasteiger partial charge on any atom is -0.357 e. The third kappa shape index (κ3) is 7.93. The lowest BCUT2D eigenvalue weighted by Crippen LogP contribution is -2.49. The summed E-state index contributed by atoms with van der Waals surface area (Å²) in [5, 5.41) is 3.47. The van der Waals surface area contributed by atoms with Crippen LogP contribution in [0.2, 0.25) is 5.02 Å². The van der Waals surface area contributed by atoms with Gasteiger partial charge in [0.2, 0.25) is 11.8 Å². The van der Waals surface area contributed by atoms with Crippen molar-refractivity contribution in [1.29, 1.82) is 0 Å². The van der Waals surface area contributed by atoms with Crippen LogP contribution in [-0.2, 0) is 22.6 Å². The zero-order valence-corrected chi connectivity index (χ0v) is 21.2. The Kier molecular flexibility index (Phi) is 10.0. The molecular formula is C28H31ClN2O2S. The molecule has 3 rings (SSSR count). The molecule has 0 unspecified atom stereocenters. The average Bonchev–Trinajstić information content (AvgIpc) is 2.86. The van der Waals surface area contributed by atoms with Gasteiger partial charge in [0.15, 0.2) is 0 Å². The van der Waals surface area contributed by atoms with E-state index in [2.05, 4.69) is 5.32 Å². The van der Waals surface area contributed by atoms with Crippen molar-refractivity contribution in [3.05, 3.63) is 101 Å². The summed E-state index contributed by atoms with van der Waals surface area (Å²) in [6, 6.07) is 25.1. The summed E-state index contributed by atoms with van der Waals surface area (Å²) in [6.45, 7) is 2.43. The predicted molar refractivity (Wildman–Crippen MR) is 141 cm³/mol. The van der Waals surface area contributed by atoms with Gasteiger partial charge in [0, 0.05) is 36.4 Å². The molecule has 0 saturated heterocycles. The number of carbonyl (C=O) groups is 2. The number of nitrogens with one attached hydrogen (secondary N) is 1. The third-order valence-electron chi connectivity index (χ3n) is 5.61. The standard InChI is InChI=1S/C28H31ClN2O2S/c1-21-10-12-23(13-11-21)20-31(26(28(33)30-2)19-22-7-4-3-5-8-22)27(32)9-6-18-34-25-16-14-24(29)15-17-25/h3-5,7-8,10-17,26H,6,9,18-20H2,1-2H3,(H,30,33)/t26-/m0/s1. The number of aryl methyl sites for hydroxylation is 1. The van der Waals surface area contributed by atoms with E-state index in [1.807, 2.05) is 85.8 Å². The zero-order chi connectivity index (χ0) is 24.3. The number of likely N-dealkylation sites (N-methyl/N-ethyl adjacent to an activating group) is 1. The normalized spacial score (nSPS) is 11.6. The van der Waals surface area contributed by atoms with Crippen molar-refractivity contribution in [1.82, 2.24) is 10.2 Å². The Balaban J connectivity index is 1.73. The zero-order valence-electron chi connectivity index (χ0n) is 19.7. The first-order valence-corrected chi connectivity index (χ1v) is 12.8. The molecule has 3 aromatic rings. The molecule has 0 aliphatic heterocycles. The lowest BCUT2D eigenvalue weighted by molar-refractivity contribution is -0.141. The van der Waals surface area contributed by atoms with Gasteiger partial charge in [0.25, 0.3) is 0 Å². The number of halogens is 1. The minimum atomic E-state index is -0.579. The van der Waals surface area contributed by atoms with Gasteiger partial charge < -0.3 is 10.2 Å². The molecule has 4 nitrogen and oxygen atoms in total. The molecule has 0 aliphatic rings. The van der Waals surface area contributed by atoms with Gasteiger partial charge >= 0.3 is 0 Å². The van der Waals surface area contributed by atoms with Crippen molar-refractivity contribution < 1.29 is 9.59 Å². The predicted octanol–water partition coefficient (Wildman–Crippen LogP) is 5.91. The molecule has 0 fully saturated rings. The van der Waals surface area contributed by atoms with E-state index in [4.69, 9.17) is 11.6 Å². The van der Waals surface area contributed by atoms with Gasteiger partial charge in [-0.2, -0.15) is 0 Å². The molecule has 0 bridgehead atoms. The highest BCUT2D eigenvalue weighted by Crippen LogP contribution is 2.22. The minimum absolute atomic E-state index is 0.0122. The van der Waals surface area contributed by atoms with Crippen molar-refractivity contribution in [2.24, 2.45) is 0 Å². The first-order chi connectivity index (χ1) is 16.5. The van der Waals surface area contributed by atoms with Gasteiger partial charge in [0.05, 0.1) is 0 Å². The van der Waals surface area contributed by atoms with Crippen LogP contribution in [-0.4, -0.2) is 35.6 Å². The Hall–Kier alpha value is -2.76. The molecule has 1 N–H and O–H groups in total. The Bertz CT molecular complexity index is 1060. The van der Waals surface area contributed by atoms with Crippen LogP contribution in [0.15, 0.2) is 83.8 Å². The third-order valence-corrected chi connectivity index (χ3v) is 6.96. The summed E-state index contributed by atoms with van der Waals surface area (Å²) in [6.07, 6.45) is 1.58. The Morgan fingerprint density at radius 2 is 1.62 bits per heavy atom.